The summed E-state index contributed by atoms with van der Waals surface area (Å²) in [4.78, 5) is 22.4. The number of carbonyl (C=O) groups is 1. The molecule has 2 fully saturated rings. The highest BCUT2D eigenvalue weighted by molar-refractivity contribution is 5.99. The second kappa shape index (κ2) is 11.1. The fourth-order valence-corrected chi connectivity index (χ4v) is 5.32. The minimum absolute atomic E-state index is 0.00186. The lowest BCUT2D eigenvalue weighted by molar-refractivity contribution is -0.151. The van der Waals surface area contributed by atoms with E-state index in [4.69, 9.17) is 15.2 Å². The van der Waals surface area contributed by atoms with Gasteiger partial charge in [0.15, 0.2) is 11.6 Å². The number of rotatable bonds is 9. The number of nitrogens with one attached hydrogen (secondary N) is 1. The normalized spacial score (nSPS) is 18.8. The zero-order valence-corrected chi connectivity index (χ0v) is 23.2. The number of halogens is 5. The maximum atomic E-state index is 14.2. The number of alkyl halides is 3. The molecule has 12 heteroatoms. The Bertz CT molecular complexity index is 1600. The third kappa shape index (κ3) is 6.00. The topological polar surface area (TPSA) is 98.8 Å². The van der Waals surface area contributed by atoms with Crippen molar-refractivity contribution in [1.29, 1.82) is 0 Å². The van der Waals surface area contributed by atoms with Crippen molar-refractivity contribution in [2.45, 2.75) is 49.7 Å². The van der Waals surface area contributed by atoms with Crippen molar-refractivity contribution in [3.63, 3.8) is 0 Å². The zero-order valence-electron chi connectivity index (χ0n) is 23.2. The molecule has 226 valence electrons. The Balaban J connectivity index is 1.32. The minimum atomic E-state index is -4.59. The molecule has 0 spiro atoms. The Morgan fingerprint density at radius 2 is 1.93 bits per heavy atom. The molecule has 2 heterocycles. The van der Waals surface area contributed by atoms with Crippen molar-refractivity contribution >= 4 is 17.8 Å². The molecule has 0 saturated heterocycles. The molecule has 1 aromatic heterocycles. The summed E-state index contributed by atoms with van der Waals surface area (Å²) in [5, 5.41) is 2.90. The van der Waals surface area contributed by atoms with Gasteiger partial charge in [-0.3, -0.25) is 9.79 Å². The summed E-state index contributed by atoms with van der Waals surface area (Å²) >= 11 is 0. The maximum Gasteiger partial charge on any atom is 0.399 e. The first-order chi connectivity index (χ1) is 20.5. The van der Waals surface area contributed by atoms with Gasteiger partial charge in [0.2, 0.25) is 0 Å². The molecule has 1 amide bonds. The number of nitrogens with zero attached hydrogens (tertiary/aromatic N) is 2. The van der Waals surface area contributed by atoms with Crippen LogP contribution in [-0.4, -0.2) is 49.6 Å². The van der Waals surface area contributed by atoms with Gasteiger partial charge in [-0.25, -0.2) is 13.8 Å². The Hall–Kier alpha value is -4.22. The predicted octanol–water partition coefficient (Wildman–Crippen LogP) is 6.16. The van der Waals surface area contributed by atoms with E-state index < -0.39 is 42.2 Å². The number of pyridine rings is 1. The summed E-state index contributed by atoms with van der Waals surface area (Å²) < 4.78 is 80.5. The highest BCUT2D eigenvalue weighted by atomic mass is 19.4. The van der Waals surface area contributed by atoms with Gasteiger partial charge in [0.05, 0.1) is 18.8 Å². The second-order valence-corrected chi connectivity index (χ2v) is 11.2. The van der Waals surface area contributed by atoms with E-state index in [1.165, 1.54) is 25.3 Å². The SMILES string of the molecule is COc1cc(C(=O)NC[C@H](c2cc3c(c(-c4ccc(F)c(F)c4)n2)OCC3C(F)(F)F)C2CC2)cc(C=NC2CC2)c1N. The Morgan fingerprint density at radius 1 is 1.16 bits per heavy atom. The summed E-state index contributed by atoms with van der Waals surface area (Å²) in [5.74, 6) is -4.73. The molecule has 2 saturated carbocycles. The Kier molecular flexibility index (Phi) is 7.47. The van der Waals surface area contributed by atoms with Crippen molar-refractivity contribution in [3.05, 3.63) is 70.4 Å². The smallest absolute Gasteiger partial charge is 0.399 e. The van der Waals surface area contributed by atoms with Crippen LogP contribution in [0.3, 0.4) is 0 Å². The van der Waals surface area contributed by atoms with Crippen LogP contribution >= 0.6 is 0 Å². The number of anilines is 1. The van der Waals surface area contributed by atoms with E-state index in [1.54, 1.807) is 12.3 Å². The van der Waals surface area contributed by atoms with E-state index in [9.17, 15) is 26.7 Å². The standard InChI is InChI=1S/C31H29F5N4O3/c1-42-26-10-17(8-18(27(26)37)12-38-19-5-6-19)30(41)39-13-21(15-2-3-15)25-11-20-22(31(34,35)36)14-43-29(20)28(40-25)16-4-7-23(32)24(33)9-16/h4,7-12,15,19,21-22H,2-3,5-6,13-14,37H2,1H3,(H,39,41)/t21-,22?/m0/s1. The number of ether oxygens (including phenoxy) is 2. The molecule has 1 aliphatic heterocycles. The number of hydrogen-bond acceptors (Lipinski definition) is 6. The number of benzene rings is 2. The van der Waals surface area contributed by atoms with Crippen LogP contribution in [0, 0.1) is 17.6 Å². The maximum absolute atomic E-state index is 14.2. The van der Waals surface area contributed by atoms with Crippen LogP contribution in [0.1, 0.15) is 64.7 Å². The number of amides is 1. The molecule has 3 aromatic rings. The van der Waals surface area contributed by atoms with Gasteiger partial charge in [-0.2, -0.15) is 13.2 Å². The number of aromatic nitrogens is 1. The van der Waals surface area contributed by atoms with E-state index in [0.29, 0.717) is 22.7 Å². The van der Waals surface area contributed by atoms with Crippen LogP contribution in [0.15, 0.2) is 41.4 Å². The molecule has 0 radical (unpaired) electrons. The molecule has 6 rings (SSSR count). The first-order valence-electron chi connectivity index (χ1n) is 14.0. The molecule has 1 unspecified atom stereocenters. The number of methoxy groups -OCH3 is 1. The Labute approximate surface area is 244 Å². The quantitative estimate of drug-likeness (QED) is 0.174. The van der Waals surface area contributed by atoms with E-state index in [2.05, 4.69) is 15.3 Å². The van der Waals surface area contributed by atoms with Crippen LogP contribution in [0.25, 0.3) is 11.3 Å². The second-order valence-electron chi connectivity index (χ2n) is 11.2. The van der Waals surface area contributed by atoms with Gasteiger partial charge in [0, 0.05) is 46.6 Å². The van der Waals surface area contributed by atoms with Crippen molar-refractivity contribution in [2.24, 2.45) is 10.9 Å². The van der Waals surface area contributed by atoms with E-state index in [-0.39, 0.29) is 46.6 Å². The lowest BCUT2D eigenvalue weighted by atomic mass is 9.92. The van der Waals surface area contributed by atoms with Crippen LogP contribution in [0.4, 0.5) is 27.6 Å². The van der Waals surface area contributed by atoms with E-state index in [0.717, 1.165) is 37.8 Å². The highest BCUT2D eigenvalue weighted by Crippen LogP contribution is 2.50. The molecule has 43 heavy (non-hydrogen) atoms. The van der Waals surface area contributed by atoms with E-state index in [1.807, 2.05) is 0 Å². The fourth-order valence-electron chi connectivity index (χ4n) is 5.32. The van der Waals surface area contributed by atoms with Crippen molar-refractivity contribution in [3.8, 4) is 22.8 Å². The number of nitrogens with two attached hydrogens (primary N) is 1. The molecule has 3 aliphatic rings. The van der Waals surface area contributed by atoms with Crippen molar-refractivity contribution < 1.29 is 36.2 Å². The third-order valence-corrected chi connectivity index (χ3v) is 8.06. The summed E-state index contributed by atoms with van der Waals surface area (Å²) in [6.07, 6.45) is 0.647. The van der Waals surface area contributed by atoms with E-state index >= 15 is 0 Å². The zero-order chi connectivity index (χ0) is 30.5. The van der Waals surface area contributed by atoms with Crippen LogP contribution in [0.2, 0.25) is 0 Å². The van der Waals surface area contributed by atoms with Crippen LogP contribution in [0.5, 0.6) is 11.5 Å². The van der Waals surface area contributed by atoms with Gasteiger partial charge in [0.25, 0.3) is 5.91 Å². The number of fused-ring (bicyclic) bond motifs is 1. The summed E-state index contributed by atoms with van der Waals surface area (Å²) in [6, 6.07) is 7.79. The number of nitrogen functional groups attached to an aromatic ring is 1. The first-order valence-corrected chi connectivity index (χ1v) is 14.0. The lowest BCUT2D eigenvalue weighted by Gasteiger charge is -2.21. The average Bonchev–Trinajstić information content (AvgIpc) is 3.91. The predicted molar refractivity (Wildman–Crippen MR) is 150 cm³/mol. The third-order valence-electron chi connectivity index (χ3n) is 8.06. The van der Waals surface area contributed by atoms with Gasteiger partial charge in [0.1, 0.15) is 29.7 Å². The van der Waals surface area contributed by atoms with Gasteiger partial charge in [-0.1, -0.05) is 0 Å². The number of aliphatic imine (C=N–C) groups is 1. The van der Waals surface area contributed by atoms with Crippen molar-refractivity contribution in [1.82, 2.24) is 10.3 Å². The molecule has 2 atom stereocenters. The summed E-state index contributed by atoms with van der Waals surface area (Å²) in [6.45, 7) is -0.556. The molecular weight excluding hydrogens is 571 g/mol. The molecule has 2 aliphatic carbocycles. The monoisotopic (exact) mass is 600 g/mol. The van der Waals surface area contributed by atoms with Crippen LogP contribution in [-0.2, 0) is 0 Å². The van der Waals surface area contributed by atoms with Crippen molar-refractivity contribution in [2.75, 3.05) is 26.0 Å². The van der Waals surface area contributed by atoms with Gasteiger partial charge >= 0.3 is 6.18 Å². The largest absolute Gasteiger partial charge is 0.495 e. The molecule has 3 N–H and O–H groups in total. The first kappa shape index (κ1) is 28.9. The average molecular weight is 601 g/mol. The van der Waals surface area contributed by atoms with Gasteiger partial charge in [-0.05, 0) is 68.0 Å². The molecule has 0 bridgehead atoms. The summed E-state index contributed by atoms with van der Waals surface area (Å²) in [7, 11) is 1.44. The molecule has 2 aromatic carbocycles. The van der Waals surface area contributed by atoms with Gasteiger partial charge < -0.3 is 20.5 Å². The van der Waals surface area contributed by atoms with Crippen LogP contribution < -0.4 is 20.5 Å². The summed E-state index contributed by atoms with van der Waals surface area (Å²) in [5.41, 5.74) is 7.66. The number of hydrogen-bond donors (Lipinski definition) is 2. The molecular formula is C31H29F5N4O3. The minimum Gasteiger partial charge on any atom is -0.495 e. The lowest BCUT2D eigenvalue weighted by Crippen LogP contribution is -2.30. The highest BCUT2D eigenvalue weighted by Gasteiger charge is 2.47. The van der Waals surface area contributed by atoms with Gasteiger partial charge in [-0.15, -0.1) is 0 Å². The number of carbonyl (C=O) groups excluding carboxylic acids is 1. The molecule has 7 nitrogen and oxygen atoms in total. The fraction of sp³-hybridized carbons (Fsp3) is 0.387. The Morgan fingerprint density at radius 3 is 2.58 bits per heavy atom.